The van der Waals surface area contributed by atoms with Gasteiger partial charge in [-0.2, -0.15) is 0 Å². The van der Waals surface area contributed by atoms with Crippen molar-refractivity contribution in [3.8, 4) is 0 Å². The molecule has 0 spiro atoms. The van der Waals surface area contributed by atoms with Crippen LogP contribution in [-0.2, 0) is 0 Å². The highest BCUT2D eigenvalue weighted by molar-refractivity contribution is 7.99. The first-order valence-corrected chi connectivity index (χ1v) is 4.60. The number of thioether (sulfide) groups is 1. The number of nitrogens with two attached hydrogens (primary N) is 1. The van der Waals surface area contributed by atoms with Crippen molar-refractivity contribution in [3.63, 3.8) is 0 Å². The highest BCUT2D eigenvalue weighted by Crippen LogP contribution is 2.13. The van der Waals surface area contributed by atoms with Crippen molar-refractivity contribution >= 4 is 42.6 Å². The normalized spacial score (nSPS) is 9.00. The van der Waals surface area contributed by atoms with Crippen molar-refractivity contribution in [2.24, 2.45) is 5.73 Å². The van der Waals surface area contributed by atoms with Crippen LogP contribution in [0, 0.1) is 5.41 Å². The lowest BCUT2D eigenvalue weighted by molar-refractivity contribution is 0.858. The minimum absolute atomic E-state index is 0. The molecule has 1 aromatic rings. The molecule has 0 unspecified atom stereocenters. The lowest BCUT2D eigenvalue weighted by atomic mass is 10.6. The molecule has 4 nitrogen and oxygen atoms in total. The number of nitrogens with one attached hydrogen (secondary N) is 1. The van der Waals surface area contributed by atoms with E-state index in [2.05, 4.69) is 22.8 Å². The molecule has 0 fully saturated rings. The fraction of sp³-hybridized carbons (Fsp3) is 0.167. The number of amidine groups is 1. The lowest BCUT2D eigenvalue weighted by Crippen LogP contribution is -2.12. The second-order valence-corrected chi connectivity index (χ2v) is 3.50. The molecular formula is C6H9ClN4S2. The van der Waals surface area contributed by atoms with Crippen LogP contribution in [0.1, 0.15) is 0 Å². The number of hydrogen-bond donors (Lipinski definition) is 3. The molecule has 0 aliphatic rings. The monoisotopic (exact) mass is 236 g/mol. The lowest BCUT2D eigenvalue weighted by Gasteiger charge is -1.97. The summed E-state index contributed by atoms with van der Waals surface area (Å²) in [6.07, 6.45) is 0. The maximum Gasteiger partial charge on any atom is 0.119 e. The van der Waals surface area contributed by atoms with Crippen LogP contribution in [0.5, 0.6) is 0 Å². The van der Waals surface area contributed by atoms with Gasteiger partial charge in [0.2, 0.25) is 0 Å². The Bertz CT molecular complexity index is 276. The SMILES string of the molecule is Cl.N=C(N)CSc1ccc(S)nn1. The Labute approximate surface area is 92.0 Å². The molecule has 0 amide bonds. The fourth-order valence-corrected chi connectivity index (χ4v) is 1.23. The van der Waals surface area contributed by atoms with Gasteiger partial charge in [0.15, 0.2) is 0 Å². The predicted molar refractivity (Wildman–Crippen MR) is 59.2 cm³/mol. The number of thiol groups is 1. The number of rotatable bonds is 3. The molecule has 7 heteroatoms. The van der Waals surface area contributed by atoms with Crippen LogP contribution in [0.2, 0.25) is 0 Å². The van der Waals surface area contributed by atoms with Crippen molar-refractivity contribution in [2.45, 2.75) is 10.1 Å². The van der Waals surface area contributed by atoms with E-state index >= 15 is 0 Å². The third-order valence-electron chi connectivity index (χ3n) is 1.00. The Kier molecular flexibility index (Phi) is 5.85. The zero-order chi connectivity index (χ0) is 8.97. The quantitative estimate of drug-likeness (QED) is 0.319. The van der Waals surface area contributed by atoms with E-state index in [1.807, 2.05) is 0 Å². The van der Waals surface area contributed by atoms with Gasteiger partial charge in [0.25, 0.3) is 0 Å². The standard InChI is InChI=1S/C6H8N4S2.ClH/c7-4(8)3-12-6-2-1-5(11)9-10-6;/h1-2H,3H2,(H3,7,8)(H,9,11);1H. The van der Waals surface area contributed by atoms with Crippen LogP contribution in [-0.4, -0.2) is 21.8 Å². The molecule has 1 rings (SSSR count). The number of halogens is 1. The van der Waals surface area contributed by atoms with Crippen molar-refractivity contribution in [2.75, 3.05) is 5.75 Å². The van der Waals surface area contributed by atoms with E-state index in [9.17, 15) is 0 Å². The highest BCUT2D eigenvalue weighted by atomic mass is 35.5. The van der Waals surface area contributed by atoms with Crippen molar-refractivity contribution < 1.29 is 0 Å². The van der Waals surface area contributed by atoms with Crippen LogP contribution in [0.15, 0.2) is 22.2 Å². The molecular weight excluding hydrogens is 228 g/mol. The Morgan fingerprint density at radius 3 is 2.69 bits per heavy atom. The minimum atomic E-state index is 0. The molecule has 0 aliphatic carbocycles. The second-order valence-electron chi connectivity index (χ2n) is 2.04. The molecule has 0 saturated carbocycles. The largest absolute Gasteiger partial charge is 0.387 e. The van der Waals surface area contributed by atoms with E-state index in [1.165, 1.54) is 11.8 Å². The summed E-state index contributed by atoms with van der Waals surface area (Å²) in [5, 5.41) is 15.9. The summed E-state index contributed by atoms with van der Waals surface area (Å²) in [6, 6.07) is 3.54. The van der Waals surface area contributed by atoms with E-state index in [-0.39, 0.29) is 18.2 Å². The molecule has 0 atom stereocenters. The zero-order valence-electron chi connectivity index (χ0n) is 6.60. The van der Waals surface area contributed by atoms with Gasteiger partial charge in [-0.15, -0.1) is 35.2 Å². The summed E-state index contributed by atoms with van der Waals surface area (Å²) in [5.74, 6) is 0.581. The molecule has 0 bridgehead atoms. The van der Waals surface area contributed by atoms with E-state index in [4.69, 9.17) is 11.1 Å². The van der Waals surface area contributed by atoms with Crippen LogP contribution in [0.4, 0.5) is 0 Å². The summed E-state index contributed by atoms with van der Waals surface area (Å²) in [4.78, 5) is 0. The third kappa shape index (κ3) is 4.97. The number of nitrogens with zero attached hydrogens (tertiary/aromatic N) is 2. The maximum absolute atomic E-state index is 6.98. The molecule has 1 aromatic heterocycles. The Hall–Kier alpha value is -0.460. The Morgan fingerprint density at radius 1 is 1.54 bits per heavy atom. The van der Waals surface area contributed by atoms with Gasteiger partial charge >= 0.3 is 0 Å². The predicted octanol–water partition coefficient (Wildman–Crippen LogP) is 1.22. The first kappa shape index (κ1) is 12.5. The Morgan fingerprint density at radius 2 is 2.23 bits per heavy atom. The van der Waals surface area contributed by atoms with Gasteiger partial charge in [0.05, 0.1) is 5.75 Å². The van der Waals surface area contributed by atoms with Crippen LogP contribution < -0.4 is 5.73 Å². The summed E-state index contributed by atoms with van der Waals surface area (Å²) in [5.41, 5.74) is 5.17. The Balaban J connectivity index is 0.00000144. The average Bonchev–Trinajstić information content (AvgIpc) is 2.03. The molecule has 0 saturated heterocycles. The maximum atomic E-state index is 6.98. The average molecular weight is 237 g/mol. The van der Waals surface area contributed by atoms with Crippen LogP contribution in [0.3, 0.4) is 0 Å². The molecule has 0 aliphatic heterocycles. The number of aromatic nitrogens is 2. The van der Waals surface area contributed by atoms with Crippen LogP contribution in [0.25, 0.3) is 0 Å². The third-order valence-corrected chi connectivity index (χ3v) is 2.21. The zero-order valence-corrected chi connectivity index (χ0v) is 9.12. The van der Waals surface area contributed by atoms with E-state index in [0.29, 0.717) is 10.8 Å². The van der Waals surface area contributed by atoms with E-state index in [0.717, 1.165) is 5.03 Å². The van der Waals surface area contributed by atoms with Crippen LogP contribution >= 0.6 is 36.8 Å². The molecule has 0 radical (unpaired) electrons. The van der Waals surface area contributed by atoms with Gasteiger partial charge in [-0.25, -0.2) is 0 Å². The van der Waals surface area contributed by atoms with Crippen molar-refractivity contribution in [3.05, 3.63) is 12.1 Å². The van der Waals surface area contributed by atoms with Gasteiger partial charge in [0, 0.05) is 0 Å². The molecule has 3 N–H and O–H groups in total. The van der Waals surface area contributed by atoms with Gasteiger partial charge < -0.3 is 5.73 Å². The van der Waals surface area contributed by atoms with Gasteiger partial charge in [-0.05, 0) is 12.1 Å². The first-order valence-electron chi connectivity index (χ1n) is 3.17. The van der Waals surface area contributed by atoms with Gasteiger partial charge in [0.1, 0.15) is 15.9 Å². The van der Waals surface area contributed by atoms with Gasteiger partial charge in [-0.1, -0.05) is 11.8 Å². The molecule has 72 valence electrons. The summed E-state index contributed by atoms with van der Waals surface area (Å²) in [7, 11) is 0. The number of hydrogen-bond acceptors (Lipinski definition) is 5. The molecule has 1 heterocycles. The molecule has 0 aromatic carbocycles. The summed E-state index contributed by atoms with van der Waals surface area (Å²) >= 11 is 5.37. The topological polar surface area (TPSA) is 75.7 Å². The smallest absolute Gasteiger partial charge is 0.119 e. The summed E-state index contributed by atoms with van der Waals surface area (Å²) in [6.45, 7) is 0. The highest BCUT2D eigenvalue weighted by Gasteiger charge is 1.96. The van der Waals surface area contributed by atoms with Crippen molar-refractivity contribution in [1.82, 2.24) is 10.2 Å². The second kappa shape index (κ2) is 6.06. The van der Waals surface area contributed by atoms with E-state index < -0.39 is 0 Å². The fourth-order valence-electron chi connectivity index (χ4n) is 0.542. The minimum Gasteiger partial charge on any atom is -0.387 e. The first-order chi connectivity index (χ1) is 5.68. The molecule has 13 heavy (non-hydrogen) atoms. The van der Waals surface area contributed by atoms with Crippen molar-refractivity contribution in [1.29, 1.82) is 5.41 Å². The van der Waals surface area contributed by atoms with Gasteiger partial charge in [-0.3, -0.25) is 5.41 Å². The summed E-state index contributed by atoms with van der Waals surface area (Å²) < 4.78 is 0. The van der Waals surface area contributed by atoms with E-state index in [1.54, 1.807) is 12.1 Å².